The zero-order valence-electron chi connectivity index (χ0n) is 14.4. The third-order valence-corrected chi connectivity index (χ3v) is 4.27. The van der Waals surface area contributed by atoms with Crippen LogP contribution in [0.2, 0.25) is 0 Å². The van der Waals surface area contributed by atoms with Crippen LogP contribution in [-0.2, 0) is 20.9 Å². The van der Waals surface area contributed by atoms with Gasteiger partial charge in [0.2, 0.25) is 11.8 Å². The molecular formula is C18H25N3O4. The van der Waals surface area contributed by atoms with E-state index < -0.39 is 23.9 Å². The van der Waals surface area contributed by atoms with Crippen LogP contribution in [0.25, 0.3) is 0 Å². The quantitative estimate of drug-likeness (QED) is 0.693. The first-order valence-corrected chi connectivity index (χ1v) is 8.50. The molecular weight excluding hydrogens is 322 g/mol. The van der Waals surface area contributed by atoms with Crippen LogP contribution in [0.15, 0.2) is 30.3 Å². The Morgan fingerprint density at radius 2 is 1.96 bits per heavy atom. The summed E-state index contributed by atoms with van der Waals surface area (Å²) < 4.78 is 5.10. The molecule has 0 bridgehead atoms. The maximum absolute atomic E-state index is 12.4. The number of hydrogen-bond acceptors (Lipinski definition) is 4. The van der Waals surface area contributed by atoms with Gasteiger partial charge < -0.3 is 21.1 Å². The molecule has 136 valence electrons. The van der Waals surface area contributed by atoms with Crippen LogP contribution >= 0.6 is 0 Å². The molecule has 1 aliphatic carbocycles. The number of primary amides is 1. The molecule has 2 rings (SSSR count). The highest BCUT2D eigenvalue weighted by Gasteiger charge is 2.28. The van der Waals surface area contributed by atoms with Crippen LogP contribution in [0, 0.1) is 5.92 Å². The zero-order chi connectivity index (χ0) is 18.2. The van der Waals surface area contributed by atoms with Crippen molar-refractivity contribution < 1.29 is 19.1 Å². The Morgan fingerprint density at radius 1 is 1.24 bits per heavy atom. The van der Waals surface area contributed by atoms with E-state index >= 15 is 0 Å². The van der Waals surface area contributed by atoms with E-state index in [2.05, 4.69) is 17.6 Å². The second kappa shape index (κ2) is 9.05. The van der Waals surface area contributed by atoms with Gasteiger partial charge in [-0.05, 0) is 30.7 Å². The lowest BCUT2D eigenvalue weighted by Gasteiger charge is -2.20. The molecule has 1 saturated carbocycles. The average molecular weight is 347 g/mol. The van der Waals surface area contributed by atoms with Crippen molar-refractivity contribution in [2.24, 2.45) is 11.7 Å². The third kappa shape index (κ3) is 6.45. The number of nitrogens with one attached hydrogen (secondary N) is 2. The van der Waals surface area contributed by atoms with E-state index in [0.29, 0.717) is 5.92 Å². The van der Waals surface area contributed by atoms with Gasteiger partial charge in [0.05, 0.1) is 6.42 Å². The predicted octanol–water partition coefficient (Wildman–Crippen LogP) is 1.46. The summed E-state index contributed by atoms with van der Waals surface area (Å²) >= 11 is 0. The van der Waals surface area contributed by atoms with Crippen LogP contribution in [0.1, 0.15) is 38.2 Å². The van der Waals surface area contributed by atoms with Crippen molar-refractivity contribution in [1.82, 2.24) is 10.6 Å². The number of benzene rings is 1. The van der Waals surface area contributed by atoms with Crippen molar-refractivity contribution in [1.29, 1.82) is 0 Å². The highest BCUT2D eigenvalue weighted by molar-refractivity contribution is 5.90. The van der Waals surface area contributed by atoms with Crippen molar-refractivity contribution in [3.8, 4) is 0 Å². The van der Waals surface area contributed by atoms with E-state index in [-0.39, 0.29) is 19.1 Å². The molecule has 0 spiro atoms. The predicted molar refractivity (Wildman–Crippen MR) is 92.3 cm³/mol. The minimum Gasteiger partial charge on any atom is -0.445 e. The molecule has 1 aliphatic rings. The van der Waals surface area contributed by atoms with Crippen molar-refractivity contribution in [2.75, 3.05) is 0 Å². The summed E-state index contributed by atoms with van der Waals surface area (Å²) in [6.45, 7) is 2.21. The van der Waals surface area contributed by atoms with Crippen molar-refractivity contribution >= 4 is 17.9 Å². The minimum absolute atomic E-state index is 0.0695. The van der Waals surface area contributed by atoms with Gasteiger partial charge in [-0.2, -0.15) is 0 Å². The Morgan fingerprint density at radius 3 is 2.56 bits per heavy atom. The highest BCUT2D eigenvalue weighted by atomic mass is 16.5. The number of rotatable bonds is 7. The molecule has 1 fully saturated rings. The van der Waals surface area contributed by atoms with E-state index in [0.717, 1.165) is 24.8 Å². The molecule has 25 heavy (non-hydrogen) atoms. The standard InChI is InChI=1S/C18H25N3O4/c1-12-7-8-14(9-12)20-17(23)15(10-16(19)22)21-18(24)25-11-13-5-3-2-4-6-13/h2-6,12,14-15H,7-11H2,1H3,(H2,19,22)(H,20,23)(H,21,24)/t12?,14?,15-/m0/s1. The summed E-state index contributed by atoms with van der Waals surface area (Å²) in [5.41, 5.74) is 6.02. The molecule has 7 heteroatoms. The molecule has 3 atom stereocenters. The summed E-state index contributed by atoms with van der Waals surface area (Å²) in [7, 11) is 0. The lowest BCUT2D eigenvalue weighted by atomic mass is 10.1. The number of nitrogens with two attached hydrogens (primary N) is 1. The summed E-state index contributed by atoms with van der Waals surface area (Å²) in [5.74, 6) is -0.512. The fourth-order valence-corrected chi connectivity index (χ4v) is 2.96. The molecule has 3 amide bonds. The highest BCUT2D eigenvalue weighted by Crippen LogP contribution is 2.24. The van der Waals surface area contributed by atoms with Crippen molar-refractivity contribution in [3.63, 3.8) is 0 Å². The number of amides is 3. The first-order chi connectivity index (χ1) is 11.9. The third-order valence-electron chi connectivity index (χ3n) is 4.27. The van der Waals surface area contributed by atoms with Crippen molar-refractivity contribution in [2.45, 2.75) is 51.3 Å². The van der Waals surface area contributed by atoms with Crippen LogP contribution in [-0.4, -0.2) is 30.0 Å². The van der Waals surface area contributed by atoms with Gasteiger partial charge in [0.15, 0.2) is 0 Å². The average Bonchev–Trinajstić information content (AvgIpc) is 2.98. The van der Waals surface area contributed by atoms with E-state index in [1.165, 1.54) is 0 Å². The Bertz CT molecular complexity index is 606. The second-order valence-electron chi connectivity index (χ2n) is 6.55. The molecule has 0 heterocycles. The van der Waals surface area contributed by atoms with Gasteiger partial charge in [0.1, 0.15) is 12.6 Å². The second-order valence-corrected chi connectivity index (χ2v) is 6.55. The lowest BCUT2D eigenvalue weighted by Crippen LogP contribution is -2.50. The van der Waals surface area contributed by atoms with Gasteiger partial charge in [-0.15, -0.1) is 0 Å². The van der Waals surface area contributed by atoms with Gasteiger partial charge in [-0.25, -0.2) is 4.79 Å². The van der Waals surface area contributed by atoms with Crippen LogP contribution < -0.4 is 16.4 Å². The molecule has 0 saturated heterocycles. The Hall–Kier alpha value is -2.57. The normalized spacial score (nSPS) is 20.5. The van der Waals surface area contributed by atoms with Gasteiger partial charge in [-0.1, -0.05) is 37.3 Å². The van der Waals surface area contributed by atoms with Gasteiger partial charge in [0.25, 0.3) is 0 Å². The topological polar surface area (TPSA) is 111 Å². The lowest BCUT2D eigenvalue weighted by molar-refractivity contribution is -0.127. The molecule has 1 aromatic carbocycles. The number of carbonyl (C=O) groups is 3. The monoisotopic (exact) mass is 347 g/mol. The van der Waals surface area contributed by atoms with Crippen molar-refractivity contribution in [3.05, 3.63) is 35.9 Å². The van der Waals surface area contributed by atoms with E-state index in [1.807, 2.05) is 30.3 Å². The number of ether oxygens (including phenoxy) is 1. The Kier molecular flexibility index (Phi) is 6.80. The zero-order valence-corrected chi connectivity index (χ0v) is 14.4. The Labute approximate surface area is 147 Å². The van der Waals surface area contributed by atoms with E-state index in [9.17, 15) is 14.4 Å². The SMILES string of the molecule is CC1CCC(NC(=O)[C@H](CC(N)=O)NC(=O)OCc2ccccc2)C1. The fourth-order valence-electron chi connectivity index (χ4n) is 2.96. The van der Waals surface area contributed by atoms with E-state index in [1.54, 1.807) is 0 Å². The molecule has 2 unspecified atom stereocenters. The van der Waals surface area contributed by atoms with Crippen LogP contribution in [0.3, 0.4) is 0 Å². The molecule has 1 aromatic rings. The number of alkyl carbamates (subject to hydrolysis) is 1. The summed E-state index contributed by atoms with van der Waals surface area (Å²) in [6, 6.07) is 8.22. The number of hydrogen-bond donors (Lipinski definition) is 3. The summed E-state index contributed by atoms with van der Waals surface area (Å²) in [6.07, 6.45) is 1.82. The smallest absolute Gasteiger partial charge is 0.408 e. The van der Waals surface area contributed by atoms with Crippen LogP contribution in [0.4, 0.5) is 4.79 Å². The summed E-state index contributed by atoms with van der Waals surface area (Å²) in [5, 5.41) is 5.31. The van der Waals surface area contributed by atoms with Crippen LogP contribution in [0.5, 0.6) is 0 Å². The fraction of sp³-hybridized carbons (Fsp3) is 0.500. The molecule has 0 aliphatic heterocycles. The van der Waals surface area contributed by atoms with Gasteiger partial charge in [0, 0.05) is 6.04 Å². The first kappa shape index (κ1) is 18.8. The molecule has 7 nitrogen and oxygen atoms in total. The molecule has 4 N–H and O–H groups in total. The summed E-state index contributed by atoms with van der Waals surface area (Å²) in [4.78, 5) is 35.5. The number of carbonyl (C=O) groups excluding carboxylic acids is 3. The Balaban J connectivity index is 1.86. The largest absolute Gasteiger partial charge is 0.445 e. The van der Waals surface area contributed by atoms with Gasteiger partial charge in [-0.3, -0.25) is 9.59 Å². The minimum atomic E-state index is -1.03. The maximum atomic E-state index is 12.4. The first-order valence-electron chi connectivity index (χ1n) is 8.50. The van der Waals surface area contributed by atoms with E-state index in [4.69, 9.17) is 10.5 Å². The van der Waals surface area contributed by atoms with Gasteiger partial charge >= 0.3 is 6.09 Å². The molecule has 0 aromatic heterocycles. The maximum Gasteiger partial charge on any atom is 0.408 e. The molecule has 0 radical (unpaired) electrons.